The van der Waals surface area contributed by atoms with Crippen LogP contribution in [0.15, 0.2) is 47.4 Å². The molecule has 2 N–H and O–H groups in total. The first kappa shape index (κ1) is 19.9. The quantitative estimate of drug-likeness (QED) is 0.686. The van der Waals surface area contributed by atoms with Gasteiger partial charge in [0.1, 0.15) is 23.1 Å². The molecule has 0 saturated heterocycles. The molecule has 0 amide bonds. The number of sulfonamides is 1. The zero-order valence-electron chi connectivity index (χ0n) is 14.4. The molecule has 140 valence electrons. The van der Waals surface area contributed by atoms with Crippen molar-refractivity contribution in [3.8, 4) is 5.75 Å². The lowest BCUT2D eigenvalue weighted by Gasteiger charge is -2.11. The molecule has 0 fully saturated rings. The molecular weight excluding hydrogens is 361 g/mol. The average Bonchev–Trinajstić information content (AvgIpc) is 2.59. The first-order valence-electron chi connectivity index (χ1n) is 7.96. The van der Waals surface area contributed by atoms with Crippen molar-refractivity contribution >= 4 is 16.0 Å². The lowest BCUT2D eigenvalue weighted by molar-refractivity contribution is 0.0696. The van der Waals surface area contributed by atoms with Gasteiger partial charge in [0.05, 0.1) is 5.56 Å². The molecular formula is C18H20FNO5S. The normalized spacial score (nSPS) is 11.5. The second kappa shape index (κ2) is 8.29. The highest BCUT2D eigenvalue weighted by molar-refractivity contribution is 7.89. The molecule has 6 nitrogen and oxygen atoms in total. The van der Waals surface area contributed by atoms with Gasteiger partial charge in [-0.15, -0.1) is 0 Å². The Balaban J connectivity index is 1.96. The SMILES string of the molecule is CC(C)c1ccc(OCCNS(=O)(=O)c2cc(C(=O)O)ccc2F)cc1. The lowest BCUT2D eigenvalue weighted by atomic mass is 10.0. The van der Waals surface area contributed by atoms with Crippen molar-refractivity contribution < 1.29 is 27.4 Å². The molecule has 2 rings (SSSR count). The van der Waals surface area contributed by atoms with E-state index in [0.717, 1.165) is 23.8 Å². The highest BCUT2D eigenvalue weighted by Crippen LogP contribution is 2.19. The monoisotopic (exact) mass is 381 g/mol. The Morgan fingerprint density at radius 3 is 2.42 bits per heavy atom. The molecule has 2 aromatic carbocycles. The summed E-state index contributed by atoms with van der Waals surface area (Å²) in [6, 6.07) is 10.0. The molecule has 0 atom stereocenters. The minimum Gasteiger partial charge on any atom is -0.492 e. The Labute approximate surface area is 151 Å². The molecule has 0 aromatic heterocycles. The second-order valence-electron chi connectivity index (χ2n) is 5.92. The van der Waals surface area contributed by atoms with Gasteiger partial charge >= 0.3 is 5.97 Å². The third-order valence-electron chi connectivity index (χ3n) is 3.68. The van der Waals surface area contributed by atoms with E-state index in [1.54, 1.807) is 12.1 Å². The van der Waals surface area contributed by atoms with Crippen LogP contribution in [-0.4, -0.2) is 32.6 Å². The largest absolute Gasteiger partial charge is 0.492 e. The number of hydrogen-bond donors (Lipinski definition) is 2. The molecule has 0 aliphatic heterocycles. The molecule has 0 unspecified atom stereocenters. The molecule has 8 heteroatoms. The van der Waals surface area contributed by atoms with Crippen molar-refractivity contribution in [2.24, 2.45) is 0 Å². The van der Waals surface area contributed by atoms with E-state index in [1.165, 1.54) is 0 Å². The topological polar surface area (TPSA) is 92.7 Å². The summed E-state index contributed by atoms with van der Waals surface area (Å²) >= 11 is 0. The fraction of sp³-hybridized carbons (Fsp3) is 0.278. The van der Waals surface area contributed by atoms with E-state index < -0.39 is 26.7 Å². The average molecular weight is 381 g/mol. The molecule has 2 aromatic rings. The van der Waals surface area contributed by atoms with Gasteiger partial charge in [0, 0.05) is 6.54 Å². The second-order valence-corrected chi connectivity index (χ2v) is 7.66. The standard InChI is InChI=1S/C18H20FNO5S/c1-12(2)13-3-6-15(7-4-13)25-10-9-20-26(23,24)17-11-14(18(21)22)5-8-16(17)19/h3-8,11-12,20H,9-10H2,1-2H3,(H,21,22). The van der Waals surface area contributed by atoms with Crippen LogP contribution >= 0.6 is 0 Å². The number of aromatic carboxylic acids is 1. The summed E-state index contributed by atoms with van der Waals surface area (Å²) < 4.78 is 45.7. The smallest absolute Gasteiger partial charge is 0.335 e. The van der Waals surface area contributed by atoms with E-state index in [2.05, 4.69) is 18.6 Å². The Hall–Kier alpha value is -2.45. The van der Waals surface area contributed by atoms with Crippen LogP contribution in [0.2, 0.25) is 0 Å². The number of hydrogen-bond acceptors (Lipinski definition) is 4. The van der Waals surface area contributed by atoms with Crippen LogP contribution in [0.1, 0.15) is 35.7 Å². The van der Waals surface area contributed by atoms with Crippen LogP contribution < -0.4 is 9.46 Å². The van der Waals surface area contributed by atoms with E-state index in [0.29, 0.717) is 11.7 Å². The van der Waals surface area contributed by atoms with Gasteiger partial charge in [-0.25, -0.2) is 22.3 Å². The van der Waals surface area contributed by atoms with E-state index in [-0.39, 0.29) is 18.7 Å². The first-order valence-corrected chi connectivity index (χ1v) is 9.44. The van der Waals surface area contributed by atoms with E-state index in [9.17, 15) is 17.6 Å². The molecule has 0 aliphatic carbocycles. The Morgan fingerprint density at radius 2 is 1.85 bits per heavy atom. The van der Waals surface area contributed by atoms with Crippen LogP contribution in [0.5, 0.6) is 5.75 Å². The van der Waals surface area contributed by atoms with Crippen molar-refractivity contribution in [1.82, 2.24) is 4.72 Å². The number of nitrogens with one attached hydrogen (secondary N) is 1. The predicted molar refractivity (Wildman–Crippen MR) is 94.6 cm³/mol. The maximum absolute atomic E-state index is 13.8. The van der Waals surface area contributed by atoms with E-state index >= 15 is 0 Å². The molecule has 26 heavy (non-hydrogen) atoms. The lowest BCUT2D eigenvalue weighted by Crippen LogP contribution is -2.29. The van der Waals surface area contributed by atoms with Gasteiger partial charge in [0.25, 0.3) is 0 Å². The molecule has 0 aliphatic rings. The number of ether oxygens (including phenoxy) is 1. The molecule has 0 saturated carbocycles. The van der Waals surface area contributed by atoms with Crippen molar-refractivity contribution in [2.45, 2.75) is 24.7 Å². The minimum absolute atomic E-state index is 0.0422. The third-order valence-corrected chi connectivity index (χ3v) is 5.15. The number of rotatable bonds is 8. The highest BCUT2D eigenvalue weighted by Gasteiger charge is 2.20. The van der Waals surface area contributed by atoms with Gasteiger partial charge in [-0.2, -0.15) is 0 Å². The Kier molecular flexibility index (Phi) is 6.33. The predicted octanol–water partition coefficient (Wildman–Crippen LogP) is 3.00. The minimum atomic E-state index is -4.19. The zero-order chi connectivity index (χ0) is 19.3. The maximum atomic E-state index is 13.8. The summed E-state index contributed by atoms with van der Waals surface area (Å²) in [6.45, 7) is 4.09. The van der Waals surface area contributed by atoms with Crippen LogP contribution in [0.3, 0.4) is 0 Å². The molecule has 0 spiro atoms. The van der Waals surface area contributed by atoms with E-state index in [1.807, 2.05) is 12.1 Å². The van der Waals surface area contributed by atoms with Crippen LogP contribution in [0.25, 0.3) is 0 Å². The van der Waals surface area contributed by atoms with Crippen molar-refractivity contribution in [3.05, 3.63) is 59.4 Å². The number of carboxylic acid groups (broad SMARTS) is 1. The van der Waals surface area contributed by atoms with Crippen molar-refractivity contribution in [1.29, 1.82) is 0 Å². The van der Waals surface area contributed by atoms with Gasteiger partial charge in [-0.3, -0.25) is 0 Å². The number of carboxylic acids is 1. The highest BCUT2D eigenvalue weighted by atomic mass is 32.2. The summed E-state index contributed by atoms with van der Waals surface area (Å²) in [4.78, 5) is 10.2. The van der Waals surface area contributed by atoms with Crippen molar-refractivity contribution in [3.63, 3.8) is 0 Å². The fourth-order valence-corrected chi connectivity index (χ4v) is 3.33. The fourth-order valence-electron chi connectivity index (χ4n) is 2.21. The van der Waals surface area contributed by atoms with Gasteiger partial charge in [-0.05, 0) is 41.8 Å². The molecule has 0 radical (unpaired) electrons. The van der Waals surface area contributed by atoms with Crippen LogP contribution in [-0.2, 0) is 10.0 Å². The van der Waals surface area contributed by atoms with Gasteiger partial charge in [0.15, 0.2) is 0 Å². The number of benzene rings is 2. The van der Waals surface area contributed by atoms with E-state index in [4.69, 9.17) is 9.84 Å². The van der Waals surface area contributed by atoms with Crippen LogP contribution in [0.4, 0.5) is 4.39 Å². The summed E-state index contributed by atoms with van der Waals surface area (Å²) in [7, 11) is -4.19. The van der Waals surface area contributed by atoms with Crippen molar-refractivity contribution in [2.75, 3.05) is 13.2 Å². The first-order chi connectivity index (χ1) is 12.2. The van der Waals surface area contributed by atoms with Gasteiger partial charge in [0.2, 0.25) is 10.0 Å². The summed E-state index contributed by atoms with van der Waals surface area (Å²) in [5.74, 6) is -1.37. The summed E-state index contributed by atoms with van der Waals surface area (Å²) in [5, 5.41) is 8.90. The summed E-state index contributed by atoms with van der Waals surface area (Å²) in [6.07, 6.45) is 0. The van der Waals surface area contributed by atoms with Crippen LogP contribution in [0, 0.1) is 5.82 Å². The summed E-state index contributed by atoms with van der Waals surface area (Å²) in [5.41, 5.74) is 0.847. The number of halogens is 1. The van der Waals surface area contributed by atoms with Gasteiger partial charge in [-0.1, -0.05) is 26.0 Å². The maximum Gasteiger partial charge on any atom is 0.335 e. The molecule has 0 heterocycles. The zero-order valence-corrected chi connectivity index (χ0v) is 15.2. The van der Waals surface area contributed by atoms with Gasteiger partial charge < -0.3 is 9.84 Å². The molecule has 0 bridgehead atoms. The Bertz CT molecular complexity index is 879. The number of carbonyl (C=O) groups is 1. The third kappa shape index (κ3) is 5.03. The Morgan fingerprint density at radius 1 is 1.19 bits per heavy atom.